The van der Waals surface area contributed by atoms with E-state index in [1.54, 1.807) is 6.92 Å². The summed E-state index contributed by atoms with van der Waals surface area (Å²) in [6.45, 7) is 9.97. The molecule has 1 unspecified atom stereocenters. The van der Waals surface area contributed by atoms with E-state index in [2.05, 4.69) is 10.2 Å². The van der Waals surface area contributed by atoms with Crippen molar-refractivity contribution in [3.05, 3.63) is 39.2 Å². The van der Waals surface area contributed by atoms with E-state index in [0.717, 1.165) is 6.07 Å². The van der Waals surface area contributed by atoms with Gasteiger partial charge in [0, 0.05) is 19.1 Å². The fourth-order valence-electron chi connectivity index (χ4n) is 1.89. The number of amides is 1. The zero-order chi connectivity index (χ0) is 17.6. The predicted octanol–water partition coefficient (Wildman–Crippen LogP) is 2.09. The molecular formula is C14H15N3O6. The van der Waals surface area contributed by atoms with Crippen LogP contribution in [0.25, 0.3) is 4.85 Å². The monoisotopic (exact) mass is 321 g/mol. The topological polar surface area (TPSA) is 112 Å². The Morgan fingerprint density at radius 2 is 2.13 bits per heavy atom. The van der Waals surface area contributed by atoms with E-state index in [1.807, 2.05) is 0 Å². The highest BCUT2D eigenvalue weighted by atomic mass is 16.6. The summed E-state index contributed by atoms with van der Waals surface area (Å²) in [5.41, 5.74) is -0.568. The van der Waals surface area contributed by atoms with E-state index in [-0.39, 0.29) is 23.6 Å². The van der Waals surface area contributed by atoms with Gasteiger partial charge >= 0.3 is 12.0 Å². The molecular weight excluding hydrogens is 306 g/mol. The van der Waals surface area contributed by atoms with Crippen molar-refractivity contribution >= 4 is 23.3 Å². The summed E-state index contributed by atoms with van der Waals surface area (Å²) in [5.74, 6) is -1.24. The van der Waals surface area contributed by atoms with Crippen LogP contribution in [0.15, 0.2) is 12.1 Å². The number of benzene rings is 1. The summed E-state index contributed by atoms with van der Waals surface area (Å²) in [4.78, 5) is 36.6. The molecule has 1 atom stereocenters. The minimum atomic E-state index is -1.49. The maximum atomic E-state index is 11.8. The Balaban J connectivity index is 3.51. The minimum Gasteiger partial charge on any atom is -0.495 e. The second kappa shape index (κ2) is 7.74. The molecule has 122 valence electrons. The van der Waals surface area contributed by atoms with Gasteiger partial charge in [-0.15, -0.1) is 0 Å². The molecule has 0 bridgehead atoms. The number of carbonyl (C=O) groups excluding carboxylic acids is 2. The van der Waals surface area contributed by atoms with Crippen molar-refractivity contribution < 1.29 is 24.0 Å². The zero-order valence-corrected chi connectivity index (χ0v) is 12.8. The highest BCUT2D eigenvalue weighted by molar-refractivity contribution is 5.92. The molecule has 0 heterocycles. The molecule has 23 heavy (non-hydrogen) atoms. The molecule has 0 fully saturated rings. The normalized spacial score (nSPS) is 11.0. The zero-order valence-electron chi connectivity index (χ0n) is 12.8. The standard InChI is InChI=1S/C14H15N3O6/c1-5-23-14(19)13(15-3)9-6-12(22-4)10(16-8(2)18)7-11(9)17(20)21/h6-7,13H,5H2,1-2,4H3,(H,16,18). The van der Waals surface area contributed by atoms with Crippen LogP contribution >= 0.6 is 0 Å². The Labute approximate surface area is 132 Å². The average molecular weight is 321 g/mol. The van der Waals surface area contributed by atoms with Crippen LogP contribution in [-0.4, -0.2) is 30.5 Å². The molecule has 0 saturated heterocycles. The van der Waals surface area contributed by atoms with E-state index in [0.29, 0.717) is 0 Å². The van der Waals surface area contributed by atoms with Crippen LogP contribution in [0.5, 0.6) is 5.75 Å². The first kappa shape index (κ1) is 17.9. The largest absolute Gasteiger partial charge is 0.495 e. The number of methoxy groups -OCH3 is 1. The summed E-state index contributed by atoms with van der Waals surface area (Å²) in [5, 5.41) is 13.7. The number of nitro groups is 1. The van der Waals surface area contributed by atoms with Crippen molar-refractivity contribution in [2.24, 2.45) is 0 Å². The van der Waals surface area contributed by atoms with E-state index >= 15 is 0 Å². The summed E-state index contributed by atoms with van der Waals surface area (Å²) in [6.07, 6.45) is 0. The van der Waals surface area contributed by atoms with Crippen molar-refractivity contribution in [3.63, 3.8) is 0 Å². The van der Waals surface area contributed by atoms with Crippen LogP contribution in [0.2, 0.25) is 0 Å². The Morgan fingerprint density at radius 1 is 1.48 bits per heavy atom. The Bertz CT molecular complexity index is 680. The molecule has 1 aromatic rings. The van der Waals surface area contributed by atoms with E-state index in [9.17, 15) is 19.7 Å². The Morgan fingerprint density at radius 3 is 2.57 bits per heavy atom. The maximum absolute atomic E-state index is 11.8. The number of ether oxygens (including phenoxy) is 2. The van der Waals surface area contributed by atoms with Crippen LogP contribution in [0.4, 0.5) is 11.4 Å². The lowest BCUT2D eigenvalue weighted by molar-refractivity contribution is -0.385. The van der Waals surface area contributed by atoms with Crippen LogP contribution in [0.3, 0.4) is 0 Å². The number of nitro benzene ring substituents is 1. The first-order chi connectivity index (χ1) is 10.8. The van der Waals surface area contributed by atoms with Gasteiger partial charge in [-0.25, -0.2) is 11.4 Å². The van der Waals surface area contributed by atoms with Crippen molar-refractivity contribution in [1.29, 1.82) is 0 Å². The van der Waals surface area contributed by atoms with Crippen LogP contribution in [0, 0.1) is 16.7 Å². The SMILES string of the molecule is [C-]#[N+]C(C(=O)OCC)c1cc(OC)c(NC(C)=O)cc1[N+](=O)[O-]. The molecule has 0 saturated carbocycles. The Kier molecular flexibility index (Phi) is 6.03. The van der Waals surface area contributed by atoms with Crippen LogP contribution < -0.4 is 10.1 Å². The lowest BCUT2D eigenvalue weighted by atomic mass is 10.0. The van der Waals surface area contributed by atoms with Crippen molar-refractivity contribution in [1.82, 2.24) is 0 Å². The highest BCUT2D eigenvalue weighted by Crippen LogP contribution is 2.37. The molecule has 1 rings (SSSR count). The number of rotatable bonds is 6. The summed E-state index contributed by atoms with van der Waals surface area (Å²) in [7, 11) is 1.30. The third-order valence-electron chi connectivity index (χ3n) is 2.79. The first-order valence-corrected chi connectivity index (χ1v) is 6.52. The number of anilines is 1. The Hall–Kier alpha value is -3.15. The molecule has 0 radical (unpaired) electrons. The van der Waals surface area contributed by atoms with Gasteiger partial charge in [-0.2, -0.15) is 0 Å². The maximum Gasteiger partial charge on any atom is 0.395 e. The van der Waals surface area contributed by atoms with Crippen LogP contribution in [-0.2, 0) is 14.3 Å². The number of nitrogens with one attached hydrogen (secondary N) is 1. The lowest BCUT2D eigenvalue weighted by Crippen LogP contribution is -2.15. The molecule has 9 heteroatoms. The fourth-order valence-corrected chi connectivity index (χ4v) is 1.89. The predicted molar refractivity (Wildman–Crippen MR) is 79.9 cm³/mol. The van der Waals surface area contributed by atoms with Crippen LogP contribution in [0.1, 0.15) is 25.5 Å². The van der Waals surface area contributed by atoms with Crippen molar-refractivity contribution in [2.75, 3.05) is 19.0 Å². The summed E-state index contributed by atoms with van der Waals surface area (Å²) < 4.78 is 9.83. The molecule has 1 amide bonds. The van der Waals surface area contributed by atoms with Gasteiger partial charge in [0.15, 0.2) is 0 Å². The second-order valence-corrected chi connectivity index (χ2v) is 4.33. The third kappa shape index (κ3) is 4.16. The molecule has 0 aromatic heterocycles. The molecule has 0 aliphatic carbocycles. The highest BCUT2D eigenvalue weighted by Gasteiger charge is 2.36. The van der Waals surface area contributed by atoms with Crippen molar-refractivity contribution in [2.45, 2.75) is 19.9 Å². The first-order valence-electron chi connectivity index (χ1n) is 6.52. The van der Waals surface area contributed by atoms with E-state index in [4.69, 9.17) is 16.0 Å². The molecule has 9 nitrogen and oxygen atoms in total. The molecule has 1 aromatic carbocycles. The number of esters is 1. The van der Waals surface area contributed by atoms with Crippen molar-refractivity contribution in [3.8, 4) is 5.75 Å². The summed E-state index contributed by atoms with van der Waals surface area (Å²) >= 11 is 0. The third-order valence-corrected chi connectivity index (χ3v) is 2.79. The molecule has 1 N–H and O–H groups in total. The smallest absolute Gasteiger partial charge is 0.395 e. The van der Waals surface area contributed by atoms with Gasteiger partial charge < -0.3 is 14.8 Å². The van der Waals surface area contributed by atoms with Gasteiger partial charge in [-0.1, -0.05) is 0 Å². The van der Waals surface area contributed by atoms with Gasteiger partial charge in [0.25, 0.3) is 5.69 Å². The van der Waals surface area contributed by atoms with Gasteiger partial charge in [-0.05, 0) is 6.92 Å². The second-order valence-electron chi connectivity index (χ2n) is 4.33. The quantitative estimate of drug-likeness (QED) is 0.371. The molecule has 0 spiro atoms. The van der Waals surface area contributed by atoms with Gasteiger partial charge in [0.05, 0.1) is 24.3 Å². The van der Waals surface area contributed by atoms with E-state index < -0.39 is 28.5 Å². The summed E-state index contributed by atoms with van der Waals surface area (Å²) in [6, 6.07) is 0.742. The van der Waals surface area contributed by atoms with E-state index in [1.165, 1.54) is 20.1 Å². The van der Waals surface area contributed by atoms with Gasteiger partial charge in [-0.3, -0.25) is 19.8 Å². The molecule has 0 aliphatic heterocycles. The minimum absolute atomic E-state index is 0.0414. The number of carbonyl (C=O) groups is 2. The number of nitrogens with zero attached hydrogens (tertiary/aromatic N) is 2. The van der Waals surface area contributed by atoms with Gasteiger partial charge in [0.1, 0.15) is 11.3 Å². The lowest BCUT2D eigenvalue weighted by Gasteiger charge is -2.12. The number of hydrogen-bond acceptors (Lipinski definition) is 6. The van der Waals surface area contributed by atoms with Gasteiger partial charge in [0.2, 0.25) is 5.91 Å². The number of hydrogen-bond donors (Lipinski definition) is 1. The average Bonchev–Trinajstić information content (AvgIpc) is 2.48. The molecule has 0 aliphatic rings. The fraction of sp³-hybridized carbons (Fsp3) is 0.357.